The molecule has 0 radical (unpaired) electrons. The van der Waals surface area contributed by atoms with E-state index >= 15 is 0 Å². The van der Waals surface area contributed by atoms with Crippen molar-refractivity contribution in [2.45, 2.75) is 25.9 Å². The minimum absolute atomic E-state index is 0.166. The third-order valence-corrected chi connectivity index (χ3v) is 3.93. The van der Waals surface area contributed by atoms with Gasteiger partial charge in [0.15, 0.2) is 0 Å². The lowest BCUT2D eigenvalue weighted by Gasteiger charge is -2.31. The van der Waals surface area contributed by atoms with Crippen LogP contribution in [0.2, 0.25) is 0 Å². The van der Waals surface area contributed by atoms with Crippen LogP contribution in [-0.4, -0.2) is 22.2 Å². The molecule has 0 aliphatic carbocycles. The van der Waals surface area contributed by atoms with E-state index in [0.717, 1.165) is 11.1 Å². The van der Waals surface area contributed by atoms with Crippen LogP contribution in [0.5, 0.6) is 11.5 Å². The normalized spacial score (nSPS) is 14.2. The summed E-state index contributed by atoms with van der Waals surface area (Å²) in [6.07, 6.45) is 0. The van der Waals surface area contributed by atoms with Crippen molar-refractivity contribution in [2.75, 3.05) is 7.05 Å². The molecule has 0 fully saturated rings. The highest BCUT2D eigenvalue weighted by Gasteiger charge is 2.19. The Morgan fingerprint density at radius 2 is 1.20 bits per heavy atom. The lowest BCUT2D eigenvalue weighted by Crippen LogP contribution is -2.25. The first-order valence-corrected chi connectivity index (χ1v) is 6.79. The van der Waals surface area contributed by atoms with Crippen LogP contribution in [0.15, 0.2) is 48.5 Å². The maximum atomic E-state index is 9.58. The minimum atomic E-state index is 0.166. The van der Waals surface area contributed by atoms with E-state index in [-0.39, 0.29) is 23.6 Å². The fraction of sp³-hybridized carbons (Fsp3) is 0.294. The van der Waals surface area contributed by atoms with Gasteiger partial charge in [-0.3, -0.25) is 4.90 Å². The van der Waals surface area contributed by atoms with Gasteiger partial charge in [0, 0.05) is 12.1 Å². The van der Waals surface area contributed by atoms with Gasteiger partial charge < -0.3 is 10.2 Å². The molecular formula is C17H21NO2. The van der Waals surface area contributed by atoms with E-state index in [9.17, 15) is 10.2 Å². The molecule has 0 saturated carbocycles. The van der Waals surface area contributed by atoms with Gasteiger partial charge in [-0.15, -0.1) is 0 Å². The molecule has 2 rings (SSSR count). The van der Waals surface area contributed by atoms with Gasteiger partial charge >= 0.3 is 0 Å². The first kappa shape index (κ1) is 14.4. The Morgan fingerprint density at radius 3 is 1.55 bits per heavy atom. The zero-order valence-electron chi connectivity index (χ0n) is 12.1. The highest BCUT2D eigenvalue weighted by molar-refractivity contribution is 5.31. The fourth-order valence-electron chi connectivity index (χ4n) is 2.37. The van der Waals surface area contributed by atoms with E-state index in [1.807, 2.05) is 31.3 Å². The first-order chi connectivity index (χ1) is 9.49. The molecule has 0 amide bonds. The molecule has 3 nitrogen and oxygen atoms in total. The van der Waals surface area contributed by atoms with Gasteiger partial charge in [-0.05, 0) is 56.3 Å². The molecule has 2 atom stereocenters. The molecular weight excluding hydrogens is 250 g/mol. The van der Waals surface area contributed by atoms with Crippen LogP contribution in [-0.2, 0) is 0 Å². The summed E-state index contributed by atoms with van der Waals surface area (Å²) in [4.78, 5) is 2.21. The van der Waals surface area contributed by atoms with Crippen LogP contribution >= 0.6 is 0 Å². The average Bonchev–Trinajstić information content (AvgIpc) is 2.45. The molecule has 3 heteroatoms. The van der Waals surface area contributed by atoms with Crippen LogP contribution in [0.3, 0.4) is 0 Å². The molecule has 0 aliphatic rings. The van der Waals surface area contributed by atoms with E-state index in [4.69, 9.17) is 0 Å². The smallest absolute Gasteiger partial charge is 0.115 e. The SMILES string of the molecule is CC(c1cccc(O)c1)N(C)C(C)c1cccc(O)c1. The maximum absolute atomic E-state index is 9.58. The summed E-state index contributed by atoms with van der Waals surface area (Å²) in [6.45, 7) is 4.21. The molecule has 0 heterocycles. The summed E-state index contributed by atoms with van der Waals surface area (Å²) in [5.41, 5.74) is 2.14. The number of benzene rings is 2. The van der Waals surface area contributed by atoms with Crippen LogP contribution in [0.1, 0.15) is 37.1 Å². The van der Waals surface area contributed by atoms with Crippen LogP contribution in [0, 0.1) is 0 Å². The second-order valence-electron chi connectivity index (χ2n) is 5.21. The molecule has 2 N–H and O–H groups in total. The number of phenols is 2. The zero-order valence-corrected chi connectivity index (χ0v) is 12.1. The van der Waals surface area contributed by atoms with Crippen LogP contribution < -0.4 is 0 Å². The number of phenolic OH excluding ortho intramolecular Hbond substituents is 2. The number of rotatable bonds is 4. The first-order valence-electron chi connectivity index (χ1n) is 6.79. The van der Waals surface area contributed by atoms with E-state index in [0.29, 0.717) is 0 Å². The van der Waals surface area contributed by atoms with E-state index in [2.05, 4.69) is 18.7 Å². The molecule has 0 bridgehead atoms. The lowest BCUT2D eigenvalue weighted by molar-refractivity contribution is 0.198. The summed E-state index contributed by atoms with van der Waals surface area (Å²) in [5, 5.41) is 19.2. The van der Waals surface area contributed by atoms with Crippen LogP contribution in [0.4, 0.5) is 0 Å². The van der Waals surface area contributed by atoms with Gasteiger partial charge in [0.2, 0.25) is 0 Å². The number of hydrogen-bond acceptors (Lipinski definition) is 3. The van der Waals surface area contributed by atoms with Gasteiger partial charge in [-0.1, -0.05) is 24.3 Å². The molecule has 0 saturated heterocycles. The van der Waals surface area contributed by atoms with E-state index in [1.54, 1.807) is 24.3 Å². The Bertz CT molecular complexity index is 531. The van der Waals surface area contributed by atoms with Crippen molar-refractivity contribution in [1.82, 2.24) is 4.90 Å². The standard InChI is InChI=1S/C17H21NO2/c1-12(14-6-4-8-16(19)10-14)18(3)13(2)15-7-5-9-17(20)11-15/h4-13,19-20H,1-3H3. The third kappa shape index (κ3) is 3.11. The molecule has 0 spiro atoms. The predicted octanol–water partition coefficient (Wildman–Crippen LogP) is 3.85. The number of aromatic hydroxyl groups is 2. The molecule has 20 heavy (non-hydrogen) atoms. The van der Waals surface area contributed by atoms with Crippen molar-refractivity contribution in [3.8, 4) is 11.5 Å². The number of nitrogens with zero attached hydrogens (tertiary/aromatic N) is 1. The molecule has 0 aromatic heterocycles. The minimum Gasteiger partial charge on any atom is -0.508 e. The predicted molar refractivity (Wildman–Crippen MR) is 80.8 cm³/mol. The third-order valence-electron chi connectivity index (χ3n) is 3.93. The molecule has 2 aromatic carbocycles. The molecule has 0 aliphatic heterocycles. The Kier molecular flexibility index (Phi) is 4.30. The van der Waals surface area contributed by atoms with Crippen molar-refractivity contribution in [3.05, 3.63) is 59.7 Å². The van der Waals surface area contributed by atoms with Gasteiger partial charge in [0.25, 0.3) is 0 Å². The molecule has 106 valence electrons. The quantitative estimate of drug-likeness (QED) is 0.887. The summed E-state index contributed by atoms with van der Waals surface area (Å²) in [5.74, 6) is 0.570. The Balaban J connectivity index is 2.20. The van der Waals surface area contributed by atoms with Crippen LogP contribution in [0.25, 0.3) is 0 Å². The summed E-state index contributed by atoms with van der Waals surface area (Å²) >= 11 is 0. The molecule has 2 aromatic rings. The van der Waals surface area contributed by atoms with Gasteiger partial charge in [-0.2, -0.15) is 0 Å². The average molecular weight is 271 g/mol. The van der Waals surface area contributed by atoms with Gasteiger partial charge in [0.05, 0.1) is 0 Å². The van der Waals surface area contributed by atoms with Crippen molar-refractivity contribution in [1.29, 1.82) is 0 Å². The van der Waals surface area contributed by atoms with Gasteiger partial charge in [-0.25, -0.2) is 0 Å². The largest absolute Gasteiger partial charge is 0.508 e. The van der Waals surface area contributed by atoms with Crippen molar-refractivity contribution < 1.29 is 10.2 Å². The highest BCUT2D eigenvalue weighted by atomic mass is 16.3. The Morgan fingerprint density at radius 1 is 0.800 bits per heavy atom. The van der Waals surface area contributed by atoms with E-state index in [1.165, 1.54) is 0 Å². The number of hydrogen-bond donors (Lipinski definition) is 2. The Labute approximate surface area is 120 Å². The fourth-order valence-corrected chi connectivity index (χ4v) is 2.37. The zero-order chi connectivity index (χ0) is 14.7. The van der Waals surface area contributed by atoms with E-state index < -0.39 is 0 Å². The maximum Gasteiger partial charge on any atom is 0.115 e. The Hall–Kier alpha value is -2.00. The summed E-state index contributed by atoms with van der Waals surface area (Å²) in [7, 11) is 2.05. The van der Waals surface area contributed by atoms with Crippen molar-refractivity contribution in [2.24, 2.45) is 0 Å². The highest BCUT2D eigenvalue weighted by Crippen LogP contribution is 2.30. The van der Waals surface area contributed by atoms with Gasteiger partial charge in [0.1, 0.15) is 11.5 Å². The topological polar surface area (TPSA) is 43.7 Å². The molecule has 2 unspecified atom stereocenters. The lowest BCUT2D eigenvalue weighted by atomic mass is 10.0. The second kappa shape index (κ2) is 5.97. The van der Waals surface area contributed by atoms with Crippen molar-refractivity contribution in [3.63, 3.8) is 0 Å². The summed E-state index contributed by atoms with van der Waals surface area (Å²) in [6, 6.07) is 15.0. The monoisotopic (exact) mass is 271 g/mol. The summed E-state index contributed by atoms with van der Waals surface area (Å²) < 4.78 is 0. The van der Waals surface area contributed by atoms with Crippen molar-refractivity contribution >= 4 is 0 Å². The second-order valence-corrected chi connectivity index (χ2v) is 5.21.